The number of anilines is 1. The maximum Gasteiger partial charge on any atom is 0.259 e. The fraction of sp³-hybridized carbons (Fsp3) is 0.333. The van der Waals surface area contributed by atoms with Crippen molar-refractivity contribution < 1.29 is 18.0 Å². The highest BCUT2D eigenvalue weighted by atomic mass is 32.2. The fourth-order valence-electron chi connectivity index (χ4n) is 2.71. The molecule has 1 fully saturated rings. The molecule has 138 valence electrons. The predicted molar refractivity (Wildman–Crippen MR) is 94.9 cm³/mol. The average Bonchev–Trinajstić information content (AvgIpc) is 2.62. The molecule has 8 heteroatoms. The monoisotopic (exact) mass is 381 g/mol. The molecule has 3 rings (SSSR count). The molecule has 1 aliphatic heterocycles. The molecule has 1 saturated heterocycles. The normalized spacial score (nSPS) is 15.8. The maximum absolute atomic E-state index is 13.7. The van der Waals surface area contributed by atoms with Crippen LogP contribution in [0.2, 0.25) is 0 Å². The molecule has 26 heavy (non-hydrogen) atoms. The van der Waals surface area contributed by atoms with Gasteiger partial charge < -0.3 is 10.2 Å². The van der Waals surface area contributed by atoms with E-state index in [1.807, 2.05) is 6.07 Å². The van der Waals surface area contributed by atoms with E-state index >= 15 is 0 Å². The minimum atomic E-state index is -1.67. The van der Waals surface area contributed by atoms with Crippen molar-refractivity contribution in [1.82, 2.24) is 9.88 Å². The van der Waals surface area contributed by atoms with E-state index in [0.717, 1.165) is 37.0 Å². The second-order valence-corrected chi connectivity index (χ2v) is 7.48. The van der Waals surface area contributed by atoms with Crippen molar-refractivity contribution >= 4 is 23.5 Å². The Morgan fingerprint density at radius 3 is 2.62 bits per heavy atom. The summed E-state index contributed by atoms with van der Waals surface area (Å²) < 4.78 is 40.0. The topological polar surface area (TPSA) is 45.2 Å². The maximum atomic E-state index is 13.7. The number of halogens is 3. The van der Waals surface area contributed by atoms with Crippen molar-refractivity contribution in [3.8, 4) is 0 Å². The Morgan fingerprint density at radius 2 is 1.88 bits per heavy atom. The van der Waals surface area contributed by atoms with Crippen molar-refractivity contribution in [1.29, 1.82) is 0 Å². The molecule has 0 spiro atoms. The first-order valence-corrected chi connectivity index (χ1v) is 9.09. The Morgan fingerprint density at radius 1 is 1.15 bits per heavy atom. The Balaban J connectivity index is 1.69. The lowest BCUT2D eigenvalue weighted by Gasteiger charge is -2.28. The highest BCUT2D eigenvalue weighted by molar-refractivity contribution is 7.99. The molecule has 1 amide bonds. The van der Waals surface area contributed by atoms with E-state index in [1.165, 1.54) is 0 Å². The Labute approximate surface area is 153 Å². The first kappa shape index (κ1) is 18.7. The van der Waals surface area contributed by atoms with Gasteiger partial charge in [-0.2, -0.15) is 0 Å². The van der Waals surface area contributed by atoms with E-state index in [-0.39, 0.29) is 5.82 Å². The number of nitrogens with one attached hydrogen (secondary N) is 1. The van der Waals surface area contributed by atoms with Gasteiger partial charge in [-0.25, -0.2) is 18.2 Å². The summed E-state index contributed by atoms with van der Waals surface area (Å²) in [6.45, 7) is 2.06. The van der Waals surface area contributed by atoms with Gasteiger partial charge >= 0.3 is 0 Å². The number of nitrogens with zero attached hydrogens (tertiary/aromatic N) is 2. The van der Waals surface area contributed by atoms with Gasteiger partial charge in [0.25, 0.3) is 5.91 Å². The lowest BCUT2D eigenvalue weighted by atomic mass is 10.1. The number of amides is 1. The Kier molecular flexibility index (Phi) is 5.83. The third-order valence-corrected chi connectivity index (χ3v) is 5.47. The fourth-order valence-corrected chi connectivity index (χ4v) is 3.80. The van der Waals surface area contributed by atoms with E-state index < -0.39 is 28.9 Å². The third kappa shape index (κ3) is 4.37. The van der Waals surface area contributed by atoms with Crippen molar-refractivity contribution in [2.45, 2.75) is 23.1 Å². The van der Waals surface area contributed by atoms with Gasteiger partial charge in [-0.05, 0) is 57.2 Å². The molecular formula is C18H18F3N3OS. The summed E-state index contributed by atoms with van der Waals surface area (Å²) in [7, 11) is 2.09. The zero-order valence-corrected chi connectivity index (χ0v) is 15.0. The minimum Gasteiger partial charge on any atom is -0.306 e. The molecule has 1 aliphatic rings. The lowest BCUT2D eigenvalue weighted by molar-refractivity contribution is 0.102. The molecule has 0 atom stereocenters. The molecule has 1 N–H and O–H groups in total. The number of carbonyl (C=O) groups excluding carboxylic acids is 1. The van der Waals surface area contributed by atoms with Crippen molar-refractivity contribution in [3.05, 3.63) is 53.3 Å². The molecule has 4 nitrogen and oxygen atoms in total. The number of likely N-dealkylation sites (tertiary alicyclic amines) is 1. The molecule has 1 aromatic carbocycles. The summed E-state index contributed by atoms with van der Waals surface area (Å²) in [5, 5.41) is 3.63. The largest absolute Gasteiger partial charge is 0.306 e. The number of pyridine rings is 1. The summed E-state index contributed by atoms with van der Waals surface area (Å²) in [5.74, 6) is -5.17. The number of hydrogen-bond acceptors (Lipinski definition) is 4. The van der Waals surface area contributed by atoms with Crippen LogP contribution in [-0.2, 0) is 0 Å². The van der Waals surface area contributed by atoms with E-state index in [9.17, 15) is 18.0 Å². The van der Waals surface area contributed by atoms with Crippen LogP contribution in [0.4, 0.5) is 19.0 Å². The number of piperidine rings is 1. The number of benzene rings is 1. The zero-order chi connectivity index (χ0) is 18.7. The van der Waals surface area contributed by atoms with Crippen LogP contribution in [0.25, 0.3) is 0 Å². The quantitative estimate of drug-likeness (QED) is 0.815. The SMILES string of the molecule is CN1CCC(Sc2cccc(NC(=O)c3ccc(F)c(F)c3F)n2)CC1. The third-order valence-electron chi connectivity index (χ3n) is 4.20. The van der Waals surface area contributed by atoms with Gasteiger partial charge in [0.05, 0.1) is 10.6 Å². The van der Waals surface area contributed by atoms with Crippen molar-refractivity contribution in [2.75, 3.05) is 25.5 Å². The minimum absolute atomic E-state index is 0.233. The van der Waals surface area contributed by atoms with Crippen LogP contribution < -0.4 is 5.32 Å². The highest BCUT2D eigenvalue weighted by Gasteiger charge is 2.20. The Bertz CT molecular complexity index is 810. The van der Waals surface area contributed by atoms with Gasteiger partial charge in [0.2, 0.25) is 0 Å². The number of thioether (sulfide) groups is 1. The zero-order valence-electron chi connectivity index (χ0n) is 14.1. The molecule has 2 aromatic rings. The van der Waals surface area contributed by atoms with Crippen LogP contribution in [-0.4, -0.2) is 41.2 Å². The number of aromatic nitrogens is 1. The van der Waals surface area contributed by atoms with E-state index in [4.69, 9.17) is 0 Å². The van der Waals surface area contributed by atoms with Gasteiger partial charge in [0.1, 0.15) is 5.82 Å². The molecule has 0 saturated carbocycles. The molecule has 0 unspecified atom stereocenters. The van der Waals surface area contributed by atoms with Crippen LogP contribution in [0.15, 0.2) is 35.4 Å². The molecule has 0 radical (unpaired) electrons. The van der Waals surface area contributed by atoms with E-state index in [1.54, 1.807) is 23.9 Å². The average molecular weight is 381 g/mol. The first-order chi connectivity index (χ1) is 12.4. The van der Waals surface area contributed by atoms with Crippen molar-refractivity contribution in [3.63, 3.8) is 0 Å². The number of hydrogen-bond donors (Lipinski definition) is 1. The standard InChI is InChI=1S/C18H18F3N3OS/c1-24-9-7-11(8-10-24)26-15-4-2-3-14(22-15)23-18(25)12-5-6-13(19)17(21)16(12)20/h2-6,11H,7-10H2,1H3,(H,22,23,25). The molecule has 1 aromatic heterocycles. The number of rotatable bonds is 4. The van der Waals surface area contributed by atoms with Gasteiger partial charge in [0.15, 0.2) is 17.5 Å². The van der Waals surface area contributed by atoms with Crippen LogP contribution in [0.3, 0.4) is 0 Å². The lowest BCUT2D eigenvalue weighted by Crippen LogP contribution is -2.31. The van der Waals surface area contributed by atoms with Gasteiger partial charge in [-0.1, -0.05) is 6.07 Å². The number of carbonyl (C=O) groups is 1. The highest BCUT2D eigenvalue weighted by Crippen LogP contribution is 2.29. The summed E-state index contributed by atoms with van der Waals surface area (Å²) in [4.78, 5) is 18.8. The summed E-state index contributed by atoms with van der Waals surface area (Å²) >= 11 is 1.64. The van der Waals surface area contributed by atoms with Gasteiger partial charge in [-0.3, -0.25) is 4.79 Å². The summed E-state index contributed by atoms with van der Waals surface area (Å²) in [6.07, 6.45) is 2.11. The van der Waals surface area contributed by atoms with Crippen LogP contribution >= 0.6 is 11.8 Å². The summed E-state index contributed by atoms with van der Waals surface area (Å²) in [5.41, 5.74) is -0.570. The van der Waals surface area contributed by atoms with E-state index in [0.29, 0.717) is 11.3 Å². The summed E-state index contributed by atoms with van der Waals surface area (Å²) in [6, 6.07) is 6.76. The second-order valence-electron chi connectivity index (χ2n) is 6.16. The van der Waals surface area contributed by atoms with Crippen LogP contribution in [0, 0.1) is 17.5 Å². The Hall–Kier alpha value is -2.06. The van der Waals surface area contributed by atoms with Crippen molar-refractivity contribution in [2.24, 2.45) is 0 Å². The molecule has 0 aliphatic carbocycles. The van der Waals surface area contributed by atoms with Gasteiger partial charge in [-0.15, -0.1) is 11.8 Å². The first-order valence-electron chi connectivity index (χ1n) is 8.21. The predicted octanol–water partition coefficient (Wildman–Crippen LogP) is 3.94. The smallest absolute Gasteiger partial charge is 0.259 e. The molecule has 2 heterocycles. The van der Waals surface area contributed by atoms with Gasteiger partial charge in [0, 0.05) is 5.25 Å². The van der Waals surface area contributed by atoms with Crippen LogP contribution in [0.5, 0.6) is 0 Å². The van der Waals surface area contributed by atoms with Crippen LogP contribution in [0.1, 0.15) is 23.2 Å². The molecule has 0 bridgehead atoms. The molecular weight excluding hydrogens is 363 g/mol. The second kappa shape index (κ2) is 8.09. The van der Waals surface area contributed by atoms with E-state index in [2.05, 4.69) is 22.2 Å².